The molecule has 0 aliphatic carbocycles. The molecular formula is C26H28FN7O3. The molecular weight excluding hydrogens is 477 g/mol. The first-order valence-electron chi connectivity index (χ1n) is 11.5. The monoisotopic (exact) mass is 505 g/mol. The summed E-state index contributed by atoms with van der Waals surface area (Å²) in [5, 5.41) is 22.5. The van der Waals surface area contributed by atoms with Gasteiger partial charge in [0.2, 0.25) is 5.82 Å². The maximum absolute atomic E-state index is 15.2. The second-order valence-corrected chi connectivity index (χ2v) is 9.81. The highest BCUT2D eigenvalue weighted by atomic mass is 19.1. The van der Waals surface area contributed by atoms with Crippen LogP contribution in [0.5, 0.6) is 0 Å². The molecule has 11 heteroatoms. The standard InChI is InChI=1S/C26H28FN7O3/c1-26(2,3)15-9-14-11-30-34(23(36)21(14)18(27)10-15)20-8-6-7-16(17(20)13-35)19-12-32(4)24(37)22(31-19)33(5)25(28)29/h6-12,35H,13H2,1-5H3,(H3,28,29). The molecule has 0 spiro atoms. The van der Waals surface area contributed by atoms with Crippen molar-refractivity contribution in [3.8, 4) is 16.9 Å². The van der Waals surface area contributed by atoms with Crippen molar-refractivity contribution in [1.82, 2.24) is 19.3 Å². The average molecular weight is 506 g/mol. The van der Waals surface area contributed by atoms with Gasteiger partial charge >= 0.3 is 0 Å². The molecule has 4 aromatic rings. The summed E-state index contributed by atoms with van der Waals surface area (Å²) in [6.07, 6.45) is 2.90. The van der Waals surface area contributed by atoms with Gasteiger partial charge in [-0.2, -0.15) is 9.78 Å². The third-order valence-corrected chi connectivity index (χ3v) is 6.25. The van der Waals surface area contributed by atoms with Crippen LogP contribution in [-0.2, 0) is 19.1 Å². The number of anilines is 1. The van der Waals surface area contributed by atoms with E-state index in [1.807, 2.05) is 20.8 Å². The summed E-state index contributed by atoms with van der Waals surface area (Å²) in [6.45, 7) is 5.36. The molecule has 37 heavy (non-hydrogen) atoms. The average Bonchev–Trinajstić information content (AvgIpc) is 2.84. The fourth-order valence-corrected chi connectivity index (χ4v) is 4.07. The fourth-order valence-electron chi connectivity index (χ4n) is 4.07. The van der Waals surface area contributed by atoms with Crippen molar-refractivity contribution in [2.24, 2.45) is 12.8 Å². The van der Waals surface area contributed by atoms with Crippen LogP contribution in [0.25, 0.3) is 27.7 Å². The van der Waals surface area contributed by atoms with Crippen LogP contribution in [0.15, 0.2) is 52.3 Å². The number of hydrogen-bond donors (Lipinski definition) is 3. The Morgan fingerprint density at radius 2 is 1.92 bits per heavy atom. The highest BCUT2D eigenvalue weighted by molar-refractivity contribution is 5.91. The number of rotatable bonds is 4. The summed E-state index contributed by atoms with van der Waals surface area (Å²) < 4.78 is 17.5. The van der Waals surface area contributed by atoms with E-state index < -0.39 is 23.5 Å². The third kappa shape index (κ3) is 4.49. The van der Waals surface area contributed by atoms with E-state index >= 15 is 4.39 Å². The lowest BCUT2D eigenvalue weighted by Crippen LogP contribution is -2.38. The molecule has 2 aromatic heterocycles. The molecule has 0 amide bonds. The summed E-state index contributed by atoms with van der Waals surface area (Å²) in [4.78, 5) is 31.5. The predicted octanol–water partition coefficient (Wildman–Crippen LogP) is 2.40. The number of aromatic nitrogens is 4. The molecule has 0 aliphatic heterocycles. The zero-order valence-electron chi connectivity index (χ0n) is 21.2. The van der Waals surface area contributed by atoms with Crippen LogP contribution in [0.1, 0.15) is 31.9 Å². The first-order valence-corrected chi connectivity index (χ1v) is 11.5. The number of aliphatic hydroxyl groups excluding tert-OH is 1. The first kappa shape index (κ1) is 25.7. The van der Waals surface area contributed by atoms with Gasteiger partial charge in [-0.3, -0.25) is 19.9 Å². The Bertz CT molecular complexity index is 1670. The van der Waals surface area contributed by atoms with Gasteiger partial charge in [0, 0.05) is 36.8 Å². The maximum atomic E-state index is 15.2. The summed E-state index contributed by atoms with van der Waals surface area (Å²) >= 11 is 0. The van der Waals surface area contributed by atoms with Crippen LogP contribution >= 0.6 is 0 Å². The zero-order valence-corrected chi connectivity index (χ0v) is 21.2. The highest BCUT2D eigenvalue weighted by Crippen LogP contribution is 2.29. The normalized spacial score (nSPS) is 11.6. The van der Waals surface area contributed by atoms with E-state index in [2.05, 4.69) is 10.1 Å². The van der Waals surface area contributed by atoms with Gasteiger partial charge in [0.05, 0.1) is 29.6 Å². The molecule has 0 bridgehead atoms. The van der Waals surface area contributed by atoms with Crippen LogP contribution in [0, 0.1) is 11.2 Å². The minimum atomic E-state index is -0.673. The van der Waals surface area contributed by atoms with Crippen molar-refractivity contribution in [2.45, 2.75) is 32.8 Å². The lowest BCUT2D eigenvalue weighted by Gasteiger charge is -2.20. The first-order chi connectivity index (χ1) is 17.3. The smallest absolute Gasteiger partial charge is 0.293 e. The number of halogens is 1. The highest BCUT2D eigenvalue weighted by Gasteiger charge is 2.21. The van der Waals surface area contributed by atoms with Gasteiger partial charge in [0.1, 0.15) is 5.82 Å². The molecule has 2 aromatic carbocycles. The van der Waals surface area contributed by atoms with E-state index in [0.717, 1.165) is 15.1 Å². The molecule has 0 fully saturated rings. The molecule has 4 N–H and O–H groups in total. The topological polar surface area (TPSA) is 143 Å². The zero-order chi connectivity index (χ0) is 27.2. The maximum Gasteiger partial charge on any atom is 0.293 e. The van der Waals surface area contributed by atoms with Crippen LogP contribution in [0.4, 0.5) is 10.2 Å². The van der Waals surface area contributed by atoms with E-state index in [-0.39, 0.29) is 28.3 Å². The third-order valence-electron chi connectivity index (χ3n) is 6.25. The van der Waals surface area contributed by atoms with Gasteiger partial charge in [-0.05, 0) is 29.2 Å². The summed E-state index contributed by atoms with van der Waals surface area (Å²) in [6, 6.07) is 8.01. The lowest BCUT2D eigenvalue weighted by molar-refractivity contribution is 0.281. The largest absolute Gasteiger partial charge is 0.392 e. The number of nitrogens with two attached hydrogens (primary N) is 1. The molecule has 0 saturated carbocycles. The minimum Gasteiger partial charge on any atom is -0.392 e. The Kier molecular flexibility index (Phi) is 6.42. The van der Waals surface area contributed by atoms with Gasteiger partial charge in [0.15, 0.2) is 5.96 Å². The number of nitrogens with zero attached hydrogens (tertiary/aromatic N) is 5. The molecule has 4 rings (SSSR count). The molecule has 0 aliphatic rings. The summed E-state index contributed by atoms with van der Waals surface area (Å²) in [7, 11) is 2.97. The van der Waals surface area contributed by atoms with Gasteiger partial charge < -0.3 is 15.4 Å². The van der Waals surface area contributed by atoms with Gasteiger partial charge in [-0.25, -0.2) is 9.37 Å². The number of fused-ring (bicyclic) bond motifs is 1. The molecule has 0 saturated heterocycles. The number of benzene rings is 2. The molecule has 10 nitrogen and oxygen atoms in total. The van der Waals surface area contributed by atoms with Crippen molar-refractivity contribution in [3.63, 3.8) is 0 Å². The van der Waals surface area contributed by atoms with Crippen molar-refractivity contribution in [3.05, 3.63) is 80.4 Å². The van der Waals surface area contributed by atoms with Crippen LogP contribution in [0.3, 0.4) is 0 Å². The number of aliphatic hydroxyl groups is 1. The predicted molar refractivity (Wildman–Crippen MR) is 141 cm³/mol. The van der Waals surface area contributed by atoms with Crippen LogP contribution in [0.2, 0.25) is 0 Å². The van der Waals surface area contributed by atoms with E-state index in [0.29, 0.717) is 22.2 Å². The number of nitrogens with one attached hydrogen (secondary N) is 1. The molecule has 0 atom stereocenters. The molecule has 2 heterocycles. The second-order valence-electron chi connectivity index (χ2n) is 9.81. The lowest BCUT2D eigenvalue weighted by atomic mass is 9.86. The Labute approximate surface area is 211 Å². The van der Waals surface area contributed by atoms with E-state index in [9.17, 15) is 14.7 Å². The summed E-state index contributed by atoms with van der Waals surface area (Å²) in [5.41, 5.74) is 6.07. The molecule has 0 unspecified atom stereocenters. The van der Waals surface area contributed by atoms with Crippen molar-refractivity contribution < 1.29 is 9.50 Å². The van der Waals surface area contributed by atoms with Gasteiger partial charge in [-0.1, -0.05) is 32.9 Å². The second kappa shape index (κ2) is 9.25. The number of guanidine groups is 1. The fraction of sp³-hybridized carbons (Fsp3) is 0.269. The van der Waals surface area contributed by atoms with Crippen LogP contribution in [-0.4, -0.2) is 37.4 Å². The van der Waals surface area contributed by atoms with E-state index in [4.69, 9.17) is 11.1 Å². The van der Waals surface area contributed by atoms with Crippen molar-refractivity contribution in [2.75, 3.05) is 11.9 Å². The quantitative estimate of drug-likeness (QED) is 0.285. The SMILES string of the molecule is CN(C(=N)N)c1nc(-c2cccc(-n3ncc4cc(C(C)(C)C)cc(F)c4c3=O)c2CO)cn(C)c1=O. The molecule has 0 radical (unpaired) electrons. The summed E-state index contributed by atoms with van der Waals surface area (Å²) in [5.74, 6) is -1.11. The van der Waals surface area contributed by atoms with E-state index in [1.54, 1.807) is 24.3 Å². The number of hydrogen-bond acceptors (Lipinski definition) is 6. The Balaban J connectivity index is 1.95. The van der Waals surface area contributed by atoms with E-state index in [1.165, 1.54) is 37.1 Å². The van der Waals surface area contributed by atoms with Crippen molar-refractivity contribution in [1.29, 1.82) is 5.41 Å². The number of aryl methyl sites for hydroxylation is 1. The Morgan fingerprint density at radius 1 is 1.22 bits per heavy atom. The molecule has 192 valence electrons. The van der Waals surface area contributed by atoms with Crippen LogP contribution < -0.4 is 21.8 Å². The minimum absolute atomic E-state index is 0.0838. The van der Waals surface area contributed by atoms with Gasteiger partial charge in [0.25, 0.3) is 11.1 Å². The van der Waals surface area contributed by atoms with Crippen molar-refractivity contribution >= 4 is 22.5 Å². The Hall–Kier alpha value is -4.38. The van der Waals surface area contributed by atoms with Gasteiger partial charge in [-0.15, -0.1) is 0 Å². The Morgan fingerprint density at radius 3 is 2.54 bits per heavy atom.